The first-order valence-electron chi connectivity index (χ1n) is 11.3. The molecule has 1 unspecified atom stereocenters. The maximum atomic E-state index is 13.1. The van der Waals surface area contributed by atoms with Crippen molar-refractivity contribution in [1.29, 1.82) is 0 Å². The lowest BCUT2D eigenvalue weighted by molar-refractivity contribution is 0.0780. The Hall–Kier alpha value is -2.21. The number of likely N-dealkylation sites (tertiary alicyclic amines) is 2. The summed E-state index contributed by atoms with van der Waals surface area (Å²) in [7, 11) is 0. The summed E-state index contributed by atoms with van der Waals surface area (Å²) in [6.45, 7) is 4.72. The van der Waals surface area contributed by atoms with E-state index in [-0.39, 0.29) is 11.5 Å². The molecule has 1 aromatic carbocycles. The first kappa shape index (κ1) is 18.8. The fraction of sp³-hybridized carbons (Fsp3) is 0.609. The molecule has 1 aromatic heterocycles. The highest BCUT2D eigenvalue weighted by Crippen LogP contribution is 2.23. The number of carbonyl (C=O) groups excluding carboxylic acids is 1. The number of hydrogen-bond donors (Lipinski definition) is 0. The summed E-state index contributed by atoms with van der Waals surface area (Å²) < 4.78 is 1.85. The van der Waals surface area contributed by atoms with E-state index in [2.05, 4.69) is 4.90 Å². The molecule has 5 rings (SSSR count). The molecule has 4 heterocycles. The number of rotatable bonds is 2. The Bertz CT molecular complexity index is 977. The lowest BCUT2D eigenvalue weighted by atomic mass is 10.1. The van der Waals surface area contributed by atoms with E-state index in [0.717, 1.165) is 51.1 Å². The van der Waals surface area contributed by atoms with Crippen LogP contribution in [0, 0.1) is 0 Å². The molecule has 0 bridgehead atoms. The fourth-order valence-electron chi connectivity index (χ4n) is 5.24. The molecule has 6 heteroatoms. The normalized spacial score (nSPS) is 23.2. The van der Waals surface area contributed by atoms with Crippen LogP contribution >= 0.6 is 0 Å². The van der Waals surface area contributed by atoms with Gasteiger partial charge in [-0.15, -0.1) is 0 Å². The van der Waals surface area contributed by atoms with Gasteiger partial charge in [0.2, 0.25) is 0 Å². The Kier molecular flexibility index (Phi) is 5.12. The summed E-state index contributed by atoms with van der Waals surface area (Å²) in [5.74, 6) is 0.948. The molecular formula is C23H30N4O2. The van der Waals surface area contributed by atoms with Gasteiger partial charge in [-0.2, -0.15) is 0 Å². The van der Waals surface area contributed by atoms with Crippen molar-refractivity contribution in [3.63, 3.8) is 0 Å². The van der Waals surface area contributed by atoms with Gasteiger partial charge in [0.15, 0.2) is 0 Å². The predicted octanol–water partition coefficient (Wildman–Crippen LogP) is 2.82. The topological polar surface area (TPSA) is 58.4 Å². The van der Waals surface area contributed by atoms with E-state index in [0.29, 0.717) is 22.5 Å². The van der Waals surface area contributed by atoms with Gasteiger partial charge in [-0.25, -0.2) is 4.98 Å². The van der Waals surface area contributed by atoms with Gasteiger partial charge < -0.3 is 4.90 Å². The third kappa shape index (κ3) is 3.59. The number of aromatic nitrogens is 2. The van der Waals surface area contributed by atoms with Crippen LogP contribution in [0.15, 0.2) is 23.0 Å². The minimum absolute atomic E-state index is 0.0427. The zero-order chi connectivity index (χ0) is 19.8. The fourth-order valence-corrected chi connectivity index (χ4v) is 5.24. The number of carbonyl (C=O) groups is 1. The monoisotopic (exact) mass is 394 g/mol. The standard InChI is InChI=1S/C23H30N4O2/c28-22(26-14-10-18(16-26)25-11-5-6-12-25)17-8-9-19-20(15-17)24-21-7-3-1-2-4-13-27(21)23(19)29/h8-9,15,18H,1-7,10-14,16H2. The van der Waals surface area contributed by atoms with Crippen molar-refractivity contribution in [2.45, 2.75) is 64.0 Å². The molecule has 1 amide bonds. The van der Waals surface area contributed by atoms with Crippen molar-refractivity contribution in [2.24, 2.45) is 0 Å². The van der Waals surface area contributed by atoms with E-state index >= 15 is 0 Å². The highest BCUT2D eigenvalue weighted by atomic mass is 16.2. The molecule has 0 spiro atoms. The summed E-state index contributed by atoms with van der Waals surface area (Å²) >= 11 is 0. The van der Waals surface area contributed by atoms with E-state index in [4.69, 9.17) is 4.98 Å². The van der Waals surface area contributed by atoms with Gasteiger partial charge in [0.1, 0.15) is 5.82 Å². The van der Waals surface area contributed by atoms with E-state index in [1.807, 2.05) is 21.6 Å². The molecule has 0 aliphatic carbocycles. The van der Waals surface area contributed by atoms with Gasteiger partial charge in [0.05, 0.1) is 10.9 Å². The van der Waals surface area contributed by atoms with Gasteiger partial charge in [-0.1, -0.05) is 12.8 Å². The van der Waals surface area contributed by atoms with Crippen LogP contribution in [0.5, 0.6) is 0 Å². The average molecular weight is 395 g/mol. The molecule has 3 aliphatic rings. The van der Waals surface area contributed by atoms with Crippen molar-refractivity contribution in [3.8, 4) is 0 Å². The number of fused-ring (bicyclic) bond motifs is 2. The summed E-state index contributed by atoms with van der Waals surface area (Å²) in [5.41, 5.74) is 1.37. The second kappa shape index (κ2) is 7.90. The molecular weight excluding hydrogens is 364 g/mol. The Labute approximate surface area is 171 Å². The van der Waals surface area contributed by atoms with Crippen molar-refractivity contribution in [1.82, 2.24) is 19.4 Å². The number of benzene rings is 1. The highest BCUT2D eigenvalue weighted by molar-refractivity contribution is 5.97. The molecule has 29 heavy (non-hydrogen) atoms. The first-order chi connectivity index (χ1) is 14.2. The van der Waals surface area contributed by atoms with Crippen LogP contribution in [-0.4, -0.2) is 57.5 Å². The van der Waals surface area contributed by atoms with Gasteiger partial charge in [-0.05, 0) is 63.4 Å². The maximum Gasteiger partial charge on any atom is 0.261 e. The Morgan fingerprint density at radius 2 is 1.76 bits per heavy atom. The van der Waals surface area contributed by atoms with Crippen molar-refractivity contribution < 1.29 is 4.79 Å². The van der Waals surface area contributed by atoms with E-state index < -0.39 is 0 Å². The average Bonchev–Trinajstić information content (AvgIpc) is 3.40. The highest BCUT2D eigenvalue weighted by Gasteiger charge is 2.32. The van der Waals surface area contributed by atoms with Gasteiger partial charge in [0, 0.05) is 37.7 Å². The summed E-state index contributed by atoms with van der Waals surface area (Å²) in [5, 5.41) is 0.627. The van der Waals surface area contributed by atoms with Gasteiger partial charge in [-0.3, -0.25) is 19.1 Å². The largest absolute Gasteiger partial charge is 0.337 e. The van der Waals surface area contributed by atoms with Crippen LogP contribution in [0.3, 0.4) is 0 Å². The van der Waals surface area contributed by atoms with E-state index in [1.54, 1.807) is 6.07 Å². The predicted molar refractivity (Wildman–Crippen MR) is 113 cm³/mol. The minimum Gasteiger partial charge on any atom is -0.337 e. The third-order valence-electron chi connectivity index (χ3n) is 6.92. The summed E-state index contributed by atoms with van der Waals surface area (Å²) in [6.07, 6.45) is 8.93. The summed E-state index contributed by atoms with van der Waals surface area (Å²) in [4.78, 5) is 35.4. The first-order valence-corrected chi connectivity index (χ1v) is 11.3. The number of aryl methyl sites for hydroxylation is 1. The molecule has 6 nitrogen and oxygen atoms in total. The summed E-state index contributed by atoms with van der Waals surface area (Å²) in [6, 6.07) is 5.96. The third-order valence-corrected chi connectivity index (χ3v) is 6.92. The minimum atomic E-state index is 0.0427. The molecule has 2 saturated heterocycles. The number of amides is 1. The molecule has 154 valence electrons. The van der Waals surface area contributed by atoms with Crippen LogP contribution in [0.1, 0.15) is 61.1 Å². The molecule has 2 aromatic rings. The zero-order valence-electron chi connectivity index (χ0n) is 17.1. The lowest BCUT2D eigenvalue weighted by Gasteiger charge is -2.23. The van der Waals surface area contributed by atoms with Crippen molar-refractivity contribution >= 4 is 16.8 Å². The molecule has 3 aliphatic heterocycles. The molecule has 0 radical (unpaired) electrons. The van der Waals surface area contributed by atoms with Crippen molar-refractivity contribution in [3.05, 3.63) is 39.9 Å². The van der Waals surface area contributed by atoms with E-state index in [9.17, 15) is 9.59 Å². The Balaban J connectivity index is 1.41. The number of hydrogen-bond acceptors (Lipinski definition) is 4. The maximum absolute atomic E-state index is 13.1. The van der Waals surface area contributed by atoms with Crippen LogP contribution in [0.25, 0.3) is 10.9 Å². The quantitative estimate of drug-likeness (QED) is 0.786. The van der Waals surface area contributed by atoms with Crippen molar-refractivity contribution in [2.75, 3.05) is 26.2 Å². The van der Waals surface area contributed by atoms with Gasteiger partial charge in [0.25, 0.3) is 11.5 Å². The number of nitrogens with zero attached hydrogens (tertiary/aromatic N) is 4. The van der Waals surface area contributed by atoms with E-state index in [1.165, 1.54) is 38.8 Å². The molecule has 1 atom stereocenters. The molecule has 0 saturated carbocycles. The second-order valence-corrected chi connectivity index (χ2v) is 8.82. The van der Waals surface area contributed by atoms with Gasteiger partial charge >= 0.3 is 0 Å². The van der Waals surface area contributed by atoms with Crippen LogP contribution < -0.4 is 5.56 Å². The van der Waals surface area contributed by atoms with Crippen LogP contribution in [0.4, 0.5) is 0 Å². The zero-order valence-corrected chi connectivity index (χ0v) is 17.1. The second-order valence-electron chi connectivity index (χ2n) is 8.82. The molecule has 2 fully saturated rings. The Morgan fingerprint density at radius 3 is 2.62 bits per heavy atom. The smallest absolute Gasteiger partial charge is 0.261 e. The lowest BCUT2D eigenvalue weighted by Crippen LogP contribution is -2.37. The molecule has 0 N–H and O–H groups in total. The Morgan fingerprint density at radius 1 is 0.966 bits per heavy atom. The SMILES string of the molecule is O=C(c1ccc2c(=O)n3c(nc2c1)CCCCCC3)N1CCC(N2CCCC2)C1. The van der Waals surface area contributed by atoms with Crippen LogP contribution in [-0.2, 0) is 13.0 Å². The van der Waals surface area contributed by atoms with Crippen LogP contribution in [0.2, 0.25) is 0 Å².